The number of hydrogen-bond acceptors (Lipinski definition) is 0. The van der Waals surface area contributed by atoms with Crippen molar-refractivity contribution < 1.29 is 20.8 Å². The molecule has 0 bridgehead atoms. The zero-order chi connectivity index (χ0) is 16.9. The van der Waals surface area contributed by atoms with Gasteiger partial charge in [0.15, 0.2) is 0 Å². The van der Waals surface area contributed by atoms with Crippen molar-refractivity contribution in [2.75, 3.05) is 0 Å². The Labute approximate surface area is 156 Å². The second kappa shape index (κ2) is 12.1. The molecule has 4 rings (SSSR count). The molecule has 0 saturated heterocycles. The SMILES string of the molecule is [C-]#C.[Cl][Zr][Cl].c1ccc2[cH-]ccc2c1.c1ccc2[cH-]ccc2c1. The number of fused-ring (bicyclic) bond motifs is 2. The molecule has 0 spiro atoms. The van der Waals surface area contributed by atoms with Gasteiger partial charge in [0.2, 0.25) is 0 Å². The first-order valence-corrected chi connectivity index (χ1v) is 13.1. The summed E-state index contributed by atoms with van der Waals surface area (Å²) in [5, 5.41) is 5.32. The summed E-state index contributed by atoms with van der Waals surface area (Å²) in [7, 11) is 9.87. The van der Waals surface area contributed by atoms with Crippen LogP contribution in [-0.2, 0) is 20.8 Å². The fourth-order valence-corrected chi connectivity index (χ4v) is 2.14. The Hall–Kier alpha value is -1.32. The van der Waals surface area contributed by atoms with Crippen molar-refractivity contribution in [1.29, 1.82) is 0 Å². The molecule has 116 valence electrons. The third-order valence-corrected chi connectivity index (χ3v) is 3.10. The van der Waals surface area contributed by atoms with Crippen LogP contribution >= 0.6 is 17.0 Å². The summed E-state index contributed by atoms with van der Waals surface area (Å²) in [5.74, 6) is 0. The van der Waals surface area contributed by atoms with Crippen molar-refractivity contribution in [2.24, 2.45) is 0 Å². The van der Waals surface area contributed by atoms with Gasteiger partial charge in [-0.05, 0) is 0 Å². The second-order valence-electron chi connectivity index (χ2n) is 4.38. The molecule has 0 N–H and O–H groups in total. The summed E-state index contributed by atoms with van der Waals surface area (Å²) in [6.07, 6.45) is 9.00. The van der Waals surface area contributed by atoms with Crippen molar-refractivity contribution in [3.05, 3.63) is 91.4 Å². The average Bonchev–Trinajstić information content (AvgIpc) is 3.27. The Bertz CT molecular complexity index is 685. The summed E-state index contributed by atoms with van der Waals surface area (Å²) < 4.78 is 0. The maximum atomic E-state index is 5.25. The smallest absolute Gasteiger partial charge is 0.0809 e. The standard InChI is InChI=1S/2C9H7.C2H.2ClH.Zr/c2*1-2-5-9-7-3-6-8(9)4-1;1-2;;;/h2*1-7H;1H;2*1H;/q3*-1;;;+2/p-2. The van der Waals surface area contributed by atoms with Gasteiger partial charge in [-0.1, -0.05) is 12.1 Å². The summed E-state index contributed by atoms with van der Waals surface area (Å²) in [6.45, 7) is 0. The van der Waals surface area contributed by atoms with Crippen molar-refractivity contribution in [3.63, 3.8) is 0 Å². The fraction of sp³-hybridized carbons (Fsp3) is 0. The Morgan fingerprint density at radius 2 is 1.04 bits per heavy atom. The molecule has 0 radical (unpaired) electrons. The van der Waals surface area contributed by atoms with Crippen LogP contribution in [0.5, 0.6) is 0 Å². The van der Waals surface area contributed by atoms with E-state index in [1.54, 1.807) is 0 Å². The normalized spacial score (nSPS) is 8.70. The number of hydrogen-bond donors (Lipinski definition) is 0. The fourth-order valence-electron chi connectivity index (χ4n) is 2.14. The largest absolute Gasteiger partial charge is 0.168 e. The van der Waals surface area contributed by atoms with Crippen molar-refractivity contribution in [2.45, 2.75) is 0 Å². The molecule has 0 unspecified atom stereocenters. The molecule has 0 atom stereocenters. The quantitative estimate of drug-likeness (QED) is 0.221. The first kappa shape index (κ1) is 19.7. The maximum Gasteiger partial charge on any atom is -0.0809 e. The number of terminal acetylenes is 1. The summed E-state index contributed by atoms with van der Waals surface area (Å²) in [4.78, 5) is 0. The van der Waals surface area contributed by atoms with Crippen LogP contribution in [0.3, 0.4) is 0 Å². The number of rotatable bonds is 0. The summed E-state index contributed by atoms with van der Waals surface area (Å²) in [6, 6.07) is 29.3. The molecule has 0 heterocycles. The zero-order valence-electron chi connectivity index (χ0n) is 12.4. The van der Waals surface area contributed by atoms with Gasteiger partial charge in [0, 0.05) is 0 Å². The molecule has 0 fully saturated rings. The molecule has 0 nitrogen and oxygen atoms in total. The van der Waals surface area contributed by atoms with E-state index in [0.717, 1.165) is 0 Å². The van der Waals surface area contributed by atoms with Gasteiger partial charge in [-0.2, -0.15) is 35.0 Å². The van der Waals surface area contributed by atoms with E-state index in [4.69, 9.17) is 23.4 Å². The second-order valence-corrected chi connectivity index (χ2v) is 8.11. The summed E-state index contributed by atoms with van der Waals surface area (Å²) in [5.41, 5.74) is 0. The van der Waals surface area contributed by atoms with Gasteiger partial charge in [0.1, 0.15) is 0 Å². The van der Waals surface area contributed by atoms with Crippen molar-refractivity contribution in [1.82, 2.24) is 0 Å². The molecule has 3 heteroatoms. The van der Waals surface area contributed by atoms with Gasteiger partial charge in [0.25, 0.3) is 0 Å². The Morgan fingerprint density at radius 1 is 0.696 bits per heavy atom. The van der Waals surface area contributed by atoms with Crippen LogP contribution in [0.1, 0.15) is 0 Å². The van der Waals surface area contributed by atoms with Crippen LogP contribution in [-0.4, -0.2) is 0 Å². The van der Waals surface area contributed by atoms with Gasteiger partial charge < -0.3 is 12.8 Å². The molecule has 0 aliphatic heterocycles. The van der Waals surface area contributed by atoms with Gasteiger partial charge in [-0.15, -0.1) is 59.3 Å². The van der Waals surface area contributed by atoms with E-state index in [2.05, 4.69) is 91.4 Å². The Morgan fingerprint density at radius 3 is 1.39 bits per heavy atom. The molecule has 4 aromatic rings. The molecule has 0 aliphatic rings. The average molecular weight is 417 g/mol. The van der Waals surface area contributed by atoms with Gasteiger partial charge in [-0.3, -0.25) is 0 Å². The summed E-state index contributed by atoms with van der Waals surface area (Å²) >= 11 is -0.826. The molecule has 0 amide bonds. The van der Waals surface area contributed by atoms with E-state index in [0.29, 0.717) is 0 Å². The van der Waals surface area contributed by atoms with E-state index in [9.17, 15) is 0 Å². The maximum absolute atomic E-state index is 5.25. The van der Waals surface area contributed by atoms with Gasteiger partial charge in [0.05, 0.1) is 0 Å². The molecule has 23 heavy (non-hydrogen) atoms. The van der Waals surface area contributed by atoms with E-state index >= 15 is 0 Å². The predicted molar refractivity (Wildman–Crippen MR) is 99.0 cm³/mol. The van der Waals surface area contributed by atoms with E-state index < -0.39 is 20.8 Å². The predicted octanol–water partition coefficient (Wildman–Crippen LogP) is 6.70. The monoisotopic (exact) mass is 415 g/mol. The number of halogens is 2. The van der Waals surface area contributed by atoms with Crippen LogP contribution in [0, 0.1) is 12.8 Å². The molecular formula is C20H15Cl2Zr-3. The first-order valence-electron chi connectivity index (χ1n) is 6.81. The van der Waals surface area contributed by atoms with E-state index in [-0.39, 0.29) is 0 Å². The molecule has 4 aromatic carbocycles. The minimum absolute atomic E-state index is 0.826. The van der Waals surface area contributed by atoms with Crippen LogP contribution in [0.25, 0.3) is 21.5 Å². The minimum Gasteiger partial charge on any atom is -0.168 e. The molecule has 0 aliphatic carbocycles. The zero-order valence-corrected chi connectivity index (χ0v) is 16.4. The Balaban J connectivity index is 0.000000181. The van der Waals surface area contributed by atoms with Crippen molar-refractivity contribution in [3.8, 4) is 6.42 Å². The van der Waals surface area contributed by atoms with Crippen LogP contribution in [0.15, 0.2) is 84.9 Å². The topological polar surface area (TPSA) is 0 Å². The van der Waals surface area contributed by atoms with E-state index in [1.807, 2.05) is 0 Å². The minimum atomic E-state index is -0.826. The van der Waals surface area contributed by atoms with Gasteiger partial charge >= 0.3 is 37.9 Å². The van der Waals surface area contributed by atoms with Crippen molar-refractivity contribution >= 4 is 38.6 Å². The van der Waals surface area contributed by atoms with Crippen LogP contribution < -0.4 is 0 Å². The third kappa shape index (κ3) is 6.76. The third-order valence-electron chi connectivity index (χ3n) is 3.10. The Kier molecular flexibility index (Phi) is 10.4. The molecule has 0 saturated carbocycles. The van der Waals surface area contributed by atoms with Crippen LogP contribution in [0.4, 0.5) is 0 Å². The number of benzene rings is 2. The molecular weight excluding hydrogens is 402 g/mol. The van der Waals surface area contributed by atoms with Crippen LogP contribution in [0.2, 0.25) is 0 Å². The molecule has 0 aromatic heterocycles. The van der Waals surface area contributed by atoms with Gasteiger partial charge in [-0.25, -0.2) is 0 Å². The first-order chi connectivity index (χ1) is 11.3. The van der Waals surface area contributed by atoms with E-state index in [1.165, 1.54) is 21.5 Å².